The van der Waals surface area contributed by atoms with Gasteiger partial charge in [-0.3, -0.25) is 14.5 Å². The summed E-state index contributed by atoms with van der Waals surface area (Å²) in [6, 6.07) is 5.02. The van der Waals surface area contributed by atoms with Crippen LogP contribution in [-0.4, -0.2) is 73.6 Å². The zero-order valence-electron chi connectivity index (χ0n) is 16.4. The molecule has 0 unspecified atom stereocenters. The second-order valence-electron chi connectivity index (χ2n) is 7.20. The molecule has 0 spiro atoms. The molecule has 0 atom stereocenters. The molecule has 8 heteroatoms. The van der Waals surface area contributed by atoms with E-state index in [1.54, 1.807) is 39.0 Å². The molecular weight excluding hydrogens is 352 g/mol. The molecule has 0 radical (unpaired) electrons. The minimum Gasteiger partial charge on any atom is -0.496 e. The molecule has 1 aliphatic heterocycles. The average molecular weight is 378 g/mol. The predicted molar refractivity (Wildman–Crippen MR) is 98.3 cm³/mol. The molecule has 0 aromatic heterocycles. The van der Waals surface area contributed by atoms with E-state index >= 15 is 0 Å². The van der Waals surface area contributed by atoms with Gasteiger partial charge in [0.2, 0.25) is 0 Å². The summed E-state index contributed by atoms with van der Waals surface area (Å²) in [5.41, 5.74) is -0.409. The van der Waals surface area contributed by atoms with E-state index in [9.17, 15) is 14.4 Å². The summed E-state index contributed by atoms with van der Waals surface area (Å²) in [6.45, 7) is 5.48. The van der Waals surface area contributed by atoms with E-state index in [1.165, 1.54) is 24.0 Å². The van der Waals surface area contributed by atoms with E-state index in [2.05, 4.69) is 0 Å². The van der Waals surface area contributed by atoms with Crippen LogP contribution in [0, 0.1) is 0 Å². The summed E-state index contributed by atoms with van der Waals surface area (Å²) in [5, 5.41) is 0. The third-order valence-electron chi connectivity index (χ3n) is 3.95. The Balaban J connectivity index is 2.21. The topological polar surface area (TPSA) is 85.4 Å². The van der Waals surface area contributed by atoms with Gasteiger partial charge in [-0.15, -0.1) is 0 Å². The molecule has 1 saturated heterocycles. The van der Waals surface area contributed by atoms with Crippen LogP contribution in [0.4, 0.5) is 4.79 Å². The first-order valence-electron chi connectivity index (χ1n) is 8.66. The standard InChI is InChI=1S/C19H26N2O6/c1-19(2,3)27-18(24)21-10-9-20(11-13(22)12-21)17(23)16-14(25-4)7-6-8-15(16)26-5/h6-8H,9-12H2,1-5H3. The second-order valence-corrected chi connectivity index (χ2v) is 7.20. The van der Waals surface area contributed by atoms with E-state index in [-0.39, 0.29) is 43.4 Å². The van der Waals surface area contributed by atoms with Crippen LogP contribution in [0.3, 0.4) is 0 Å². The van der Waals surface area contributed by atoms with Crippen molar-refractivity contribution in [2.75, 3.05) is 40.4 Å². The van der Waals surface area contributed by atoms with Crippen molar-refractivity contribution >= 4 is 17.8 Å². The van der Waals surface area contributed by atoms with Crippen molar-refractivity contribution in [3.8, 4) is 11.5 Å². The Morgan fingerprint density at radius 2 is 1.48 bits per heavy atom. The van der Waals surface area contributed by atoms with Gasteiger partial charge in [-0.1, -0.05) is 6.07 Å². The van der Waals surface area contributed by atoms with Gasteiger partial charge in [0.1, 0.15) is 22.7 Å². The highest BCUT2D eigenvalue weighted by Gasteiger charge is 2.31. The smallest absolute Gasteiger partial charge is 0.410 e. The Bertz CT molecular complexity index is 703. The average Bonchev–Trinajstić information content (AvgIpc) is 2.80. The molecule has 2 rings (SSSR count). The molecule has 0 aliphatic carbocycles. The van der Waals surface area contributed by atoms with Gasteiger partial charge >= 0.3 is 6.09 Å². The third-order valence-corrected chi connectivity index (χ3v) is 3.95. The van der Waals surface area contributed by atoms with Crippen LogP contribution in [0.1, 0.15) is 31.1 Å². The lowest BCUT2D eigenvalue weighted by atomic mass is 10.1. The van der Waals surface area contributed by atoms with Crippen molar-refractivity contribution in [3.05, 3.63) is 23.8 Å². The van der Waals surface area contributed by atoms with Gasteiger partial charge in [0.05, 0.1) is 27.3 Å². The Morgan fingerprint density at radius 3 is 2.00 bits per heavy atom. The number of amides is 2. The molecule has 1 aromatic rings. The van der Waals surface area contributed by atoms with E-state index < -0.39 is 11.7 Å². The summed E-state index contributed by atoms with van der Waals surface area (Å²) in [4.78, 5) is 40.3. The van der Waals surface area contributed by atoms with Crippen LogP contribution in [0.5, 0.6) is 11.5 Å². The third kappa shape index (κ3) is 5.12. The molecule has 148 valence electrons. The second kappa shape index (κ2) is 8.28. The maximum absolute atomic E-state index is 13.0. The number of rotatable bonds is 3. The minimum atomic E-state index is -0.660. The Kier molecular flexibility index (Phi) is 6.30. The van der Waals surface area contributed by atoms with Crippen molar-refractivity contribution in [2.24, 2.45) is 0 Å². The zero-order chi connectivity index (χ0) is 20.2. The van der Waals surface area contributed by atoms with E-state index in [0.717, 1.165) is 0 Å². The first kappa shape index (κ1) is 20.5. The number of carbonyl (C=O) groups excluding carboxylic acids is 3. The van der Waals surface area contributed by atoms with Crippen LogP contribution in [-0.2, 0) is 9.53 Å². The van der Waals surface area contributed by atoms with Gasteiger partial charge in [0, 0.05) is 13.1 Å². The number of Topliss-reactive ketones (excluding diaryl/α,β-unsaturated/α-hetero) is 1. The highest BCUT2D eigenvalue weighted by molar-refractivity contribution is 6.02. The van der Waals surface area contributed by atoms with E-state index in [1.807, 2.05) is 0 Å². The Labute approximate surface area is 159 Å². The maximum atomic E-state index is 13.0. The molecule has 0 bridgehead atoms. The summed E-state index contributed by atoms with van der Waals surface area (Å²) >= 11 is 0. The number of ketones is 1. The van der Waals surface area contributed by atoms with Crippen molar-refractivity contribution in [1.82, 2.24) is 9.80 Å². The lowest BCUT2D eigenvalue weighted by Crippen LogP contribution is -2.40. The van der Waals surface area contributed by atoms with Crippen molar-refractivity contribution in [1.29, 1.82) is 0 Å². The quantitative estimate of drug-likeness (QED) is 0.799. The van der Waals surface area contributed by atoms with Crippen LogP contribution in [0.25, 0.3) is 0 Å². The molecule has 27 heavy (non-hydrogen) atoms. The molecule has 8 nitrogen and oxygen atoms in total. The molecule has 0 saturated carbocycles. The fraction of sp³-hybridized carbons (Fsp3) is 0.526. The molecule has 1 fully saturated rings. The van der Waals surface area contributed by atoms with Crippen LogP contribution in [0.2, 0.25) is 0 Å². The normalized spacial score (nSPS) is 15.2. The largest absolute Gasteiger partial charge is 0.496 e. The summed E-state index contributed by atoms with van der Waals surface area (Å²) in [5.74, 6) is 0.0874. The number of nitrogens with zero attached hydrogens (tertiary/aromatic N) is 2. The van der Waals surface area contributed by atoms with E-state index in [0.29, 0.717) is 11.5 Å². The minimum absolute atomic E-state index is 0.0955. The fourth-order valence-electron chi connectivity index (χ4n) is 2.75. The number of hydrogen-bond donors (Lipinski definition) is 0. The lowest BCUT2D eigenvalue weighted by molar-refractivity contribution is -0.119. The molecule has 1 aromatic carbocycles. The highest BCUT2D eigenvalue weighted by Crippen LogP contribution is 2.29. The Morgan fingerprint density at radius 1 is 0.963 bits per heavy atom. The van der Waals surface area contributed by atoms with Crippen molar-refractivity contribution in [3.63, 3.8) is 0 Å². The molecule has 0 N–H and O–H groups in total. The Hall–Kier alpha value is -2.77. The molecule has 2 amide bonds. The first-order chi connectivity index (χ1) is 12.7. The monoisotopic (exact) mass is 378 g/mol. The number of benzene rings is 1. The number of carbonyl (C=O) groups is 3. The predicted octanol–water partition coefficient (Wildman–Crippen LogP) is 1.97. The van der Waals surface area contributed by atoms with Gasteiger partial charge in [0.15, 0.2) is 5.78 Å². The van der Waals surface area contributed by atoms with Crippen LogP contribution >= 0.6 is 0 Å². The summed E-state index contributed by atoms with van der Waals surface area (Å²) < 4.78 is 15.9. The summed E-state index contributed by atoms with van der Waals surface area (Å²) in [6.07, 6.45) is -0.569. The maximum Gasteiger partial charge on any atom is 0.410 e. The number of methoxy groups -OCH3 is 2. The number of hydrogen-bond acceptors (Lipinski definition) is 6. The molecular formula is C19H26N2O6. The summed E-state index contributed by atoms with van der Waals surface area (Å²) in [7, 11) is 2.92. The lowest BCUT2D eigenvalue weighted by Gasteiger charge is -2.26. The van der Waals surface area contributed by atoms with E-state index in [4.69, 9.17) is 14.2 Å². The highest BCUT2D eigenvalue weighted by atomic mass is 16.6. The van der Waals surface area contributed by atoms with Gasteiger partial charge in [-0.2, -0.15) is 0 Å². The fourth-order valence-corrected chi connectivity index (χ4v) is 2.75. The van der Waals surface area contributed by atoms with Gasteiger partial charge in [0.25, 0.3) is 5.91 Å². The zero-order valence-corrected chi connectivity index (χ0v) is 16.4. The molecule has 1 heterocycles. The molecule has 1 aliphatic rings. The van der Waals surface area contributed by atoms with Crippen molar-refractivity contribution < 1.29 is 28.6 Å². The van der Waals surface area contributed by atoms with Gasteiger partial charge in [-0.25, -0.2) is 4.79 Å². The van der Waals surface area contributed by atoms with Crippen LogP contribution < -0.4 is 9.47 Å². The SMILES string of the molecule is COc1cccc(OC)c1C(=O)N1CCN(C(=O)OC(C)(C)C)CC(=O)C1. The van der Waals surface area contributed by atoms with Crippen LogP contribution in [0.15, 0.2) is 18.2 Å². The number of ether oxygens (including phenoxy) is 3. The van der Waals surface area contributed by atoms with Crippen molar-refractivity contribution in [2.45, 2.75) is 26.4 Å². The first-order valence-corrected chi connectivity index (χ1v) is 8.66. The van der Waals surface area contributed by atoms with Gasteiger partial charge < -0.3 is 19.1 Å². The van der Waals surface area contributed by atoms with Gasteiger partial charge in [-0.05, 0) is 32.9 Å².